The van der Waals surface area contributed by atoms with Crippen molar-refractivity contribution in [2.24, 2.45) is 0 Å². The molecule has 1 aliphatic heterocycles. The predicted octanol–water partition coefficient (Wildman–Crippen LogP) is 3.91. The van der Waals surface area contributed by atoms with Gasteiger partial charge in [0.25, 0.3) is 0 Å². The second-order valence-electron chi connectivity index (χ2n) is 5.37. The molecule has 20 heavy (non-hydrogen) atoms. The highest BCUT2D eigenvalue weighted by Crippen LogP contribution is 2.36. The average Bonchev–Trinajstić information content (AvgIpc) is 2.35. The van der Waals surface area contributed by atoms with Crippen LogP contribution in [0.4, 0.5) is 18.9 Å². The number of hydrogen-bond acceptors (Lipinski definition) is 3. The van der Waals surface area contributed by atoms with E-state index in [4.69, 9.17) is 5.26 Å². The van der Waals surface area contributed by atoms with E-state index in [0.29, 0.717) is 5.69 Å². The zero-order chi connectivity index (χ0) is 15.0. The van der Waals surface area contributed by atoms with Crippen molar-refractivity contribution in [3.63, 3.8) is 0 Å². The lowest BCUT2D eigenvalue weighted by Crippen LogP contribution is -2.43. The van der Waals surface area contributed by atoms with Crippen LogP contribution in [0.1, 0.15) is 25.0 Å². The Morgan fingerprint density at radius 3 is 2.60 bits per heavy atom. The molecule has 108 valence electrons. The summed E-state index contributed by atoms with van der Waals surface area (Å²) in [6.45, 7) is 5.76. The van der Waals surface area contributed by atoms with Gasteiger partial charge in [0.1, 0.15) is 0 Å². The summed E-state index contributed by atoms with van der Waals surface area (Å²) in [5.41, 5.74) is -0.497. The van der Waals surface area contributed by atoms with E-state index in [1.165, 1.54) is 12.1 Å². The normalized spacial score (nSPS) is 18.7. The Morgan fingerprint density at radius 1 is 1.35 bits per heavy atom. The molecule has 0 unspecified atom stereocenters. The Labute approximate surface area is 120 Å². The summed E-state index contributed by atoms with van der Waals surface area (Å²) in [5, 5.41) is 8.93. The van der Waals surface area contributed by atoms with Gasteiger partial charge in [-0.2, -0.15) is 30.2 Å². The van der Waals surface area contributed by atoms with Crippen LogP contribution in [0.2, 0.25) is 0 Å². The molecule has 6 heteroatoms. The molecule has 1 aromatic rings. The van der Waals surface area contributed by atoms with Crippen molar-refractivity contribution in [2.45, 2.75) is 24.8 Å². The summed E-state index contributed by atoms with van der Waals surface area (Å²) < 4.78 is 38.4. The maximum atomic E-state index is 12.8. The topological polar surface area (TPSA) is 27.0 Å². The molecule has 0 radical (unpaired) electrons. The molecule has 0 saturated carbocycles. The fourth-order valence-corrected chi connectivity index (χ4v) is 3.42. The number of nitrogens with zero attached hydrogens (tertiary/aromatic N) is 2. The largest absolute Gasteiger partial charge is 0.417 e. The highest BCUT2D eigenvalue weighted by Gasteiger charge is 2.34. The van der Waals surface area contributed by atoms with E-state index in [1.54, 1.807) is 6.07 Å². The Kier molecular flexibility index (Phi) is 3.92. The molecule has 1 aliphatic rings. The van der Waals surface area contributed by atoms with Crippen molar-refractivity contribution < 1.29 is 13.2 Å². The van der Waals surface area contributed by atoms with Gasteiger partial charge < -0.3 is 4.90 Å². The van der Waals surface area contributed by atoms with E-state index >= 15 is 0 Å². The number of anilines is 1. The van der Waals surface area contributed by atoms with E-state index in [1.807, 2.05) is 16.7 Å². The molecule has 2 nitrogen and oxygen atoms in total. The molecule has 0 amide bonds. The number of thioether (sulfide) groups is 1. The molecule has 1 aromatic carbocycles. The smallest absolute Gasteiger partial charge is 0.369 e. The first kappa shape index (κ1) is 15.0. The molecule has 0 spiro atoms. The summed E-state index contributed by atoms with van der Waals surface area (Å²) in [5.74, 6) is 0.926. The van der Waals surface area contributed by atoms with E-state index in [9.17, 15) is 13.2 Å². The summed E-state index contributed by atoms with van der Waals surface area (Å²) in [6.07, 6.45) is -4.49. The Bertz CT molecular complexity index is 546. The van der Waals surface area contributed by atoms with Gasteiger partial charge in [0.15, 0.2) is 0 Å². The molecule has 0 N–H and O–H groups in total. The predicted molar refractivity (Wildman–Crippen MR) is 74.9 cm³/mol. The number of benzene rings is 1. The standard InChI is InChI=1S/C14H15F3N2S/c1-13(2)9-19(5-6-20-13)11-3-4-12(14(15,16)17)10(7-11)8-18/h3-4,7H,5-6,9H2,1-2H3. The van der Waals surface area contributed by atoms with Crippen LogP contribution in [0.15, 0.2) is 18.2 Å². The first-order chi connectivity index (χ1) is 9.23. The van der Waals surface area contributed by atoms with Crippen molar-refractivity contribution in [3.8, 4) is 6.07 Å². The van der Waals surface area contributed by atoms with Gasteiger partial charge in [-0.25, -0.2) is 0 Å². The third-order valence-corrected chi connectivity index (χ3v) is 4.52. The van der Waals surface area contributed by atoms with E-state index in [-0.39, 0.29) is 10.3 Å². The van der Waals surface area contributed by atoms with E-state index in [0.717, 1.165) is 24.9 Å². The van der Waals surface area contributed by atoms with Crippen LogP contribution < -0.4 is 4.90 Å². The van der Waals surface area contributed by atoms with Gasteiger partial charge >= 0.3 is 6.18 Å². The molecule has 1 saturated heterocycles. The first-order valence-corrected chi connectivity index (χ1v) is 7.22. The van der Waals surface area contributed by atoms with E-state index < -0.39 is 11.7 Å². The molecule has 1 fully saturated rings. The van der Waals surface area contributed by atoms with Crippen LogP contribution in [-0.2, 0) is 6.18 Å². The monoisotopic (exact) mass is 300 g/mol. The molecular formula is C14H15F3N2S. The van der Waals surface area contributed by atoms with Gasteiger partial charge in [-0.05, 0) is 32.0 Å². The van der Waals surface area contributed by atoms with Crippen LogP contribution >= 0.6 is 11.8 Å². The maximum Gasteiger partial charge on any atom is 0.417 e. The van der Waals surface area contributed by atoms with Gasteiger partial charge in [0.2, 0.25) is 0 Å². The fourth-order valence-electron chi connectivity index (χ4n) is 2.31. The lowest BCUT2D eigenvalue weighted by atomic mass is 10.1. The fraction of sp³-hybridized carbons (Fsp3) is 0.500. The molecular weight excluding hydrogens is 285 g/mol. The summed E-state index contributed by atoms with van der Waals surface area (Å²) in [7, 11) is 0. The molecule has 0 atom stereocenters. The SMILES string of the molecule is CC1(C)CN(c2ccc(C(F)(F)F)c(C#N)c2)CCS1. The van der Waals surface area contributed by atoms with Gasteiger partial charge in [-0.3, -0.25) is 0 Å². The summed E-state index contributed by atoms with van der Waals surface area (Å²) >= 11 is 1.85. The second kappa shape index (κ2) is 5.21. The lowest BCUT2D eigenvalue weighted by molar-refractivity contribution is -0.137. The molecule has 0 aliphatic carbocycles. The Hall–Kier alpha value is -1.35. The minimum absolute atomic E-state index is 0.0632. The Morgan fingerprint density at radius 2 is 2.05 bits per heavy atom. The quantitative estimate of drug-likeness (QED) is 0.787. The summed E-state index contributed by atoms with van der Waals surface area (Å²) in [4.78, 5) is 2.04. The zero-order valence-corrected chi connectivity index (χ0v) is 12.1. The Balaban J connectivity index is 2.33. The number of alkyl halides is 3. The third-order valence-electron chi connectivity index (χ3n) is 3.22. The van der Waals surface area contributed by atoms with Crippen molar-refractivity contribution >= 4 is 17.4 Å². The summed E-state index contributed by atoms with van der Waals surface area (Å²) in [6, 6.07) is 5.45. The van der Waals surface area contributed by atoms with Gasteiger partial charge in [0, 0.05) is 29.3 Å². The van der Waals surface area contributed by atoms with Crippen LogP contribution in [0, 0.1) is 11.3 Å². The van der Waals surface area contributed by atoms with E-state index in [2.05, 4.69) is 13.8 Å². The number of hydrogen-bond donors (Lipinski definition) is 0. The first-order valence-electron chi connectivity index (χ1n) is 6.23. The van der Waals surface area contributed by atoms with Crippen LogP contribution in [0.5, 0.6) is 0 Å². The second-order valence-corrected chi connectivity index (χ2v) is 7.17. The lowest BCUT2D eigenvalue weighted by Gasteiger charge is -2.39. The highest BCUT2D eigenvalue weighted by molar-refractivity contribution is 8.00. The van der Waals surface area contributed by atoms with Crippen molar-refractivity contribution in [1.82, 2.24) is 0 Å². The maximum absolute atomic E-state index is 12.8. The third kappa shape index (κ3) is 3.21. The zero-order valence-electron chi connectivity index (χ0n) is 11.3. The van der Waals surface area contributed by atoms with Gasteiger partial charge in [0.05, 0.1) is 17.2 Å². The van der Waals surface area contributed by atoms with Crippen molar-refractivity contribution in [1.29, 1.82) is 5.26 Å². The van der Waals surface area contributed by atoms with Crippen molar-refractivity contribution in [3.05, 3.63) is 29.3 Å². The minimum Gasteiger partial charge on any atom is -0.369 e. The molecule has 0 bridgehead atoms. The van der Waals surface area contributed by atoms with Gasteiger partial charge in [-0.15, -0.1) is 0 Å². The molecule has 2 rings (SSSR count). The minimum atomic E-state index is -4.49. The van der Waals surface area contributed by atoms with Crippen LogP contribution in [-0.4, -0.2) is 23.6 Å². The van der Waals surface area contributed by atoms with Crippen LogP contribution in [0.25, 0.3) is 0 Å². The number of nitriles is 1. The molecule has 1 heterocycles. The average molecular weight is 300 g/mol. The highest BCUT2D eigenvalue weighted by atomic mass is 32.2. The molecule has 0 aromatic heterocycles. The number of halogens is 3. The van der Waals surface area contributed by atoms with Crippen molar-refractivity contribution in [2.75, 3.05) is 23.7 Å². The number of rotatable bonds is 1. The van der Waals surface area contributed by atoms with Crippen LogP contribution in [0.3, 0.4) is 0 Å². The van der Waals surface area contributed by atoms with Gasteiger partial charge in [-0.1, -0.05) is 0 Å².